The van der Waals surface area contributed by atoms with E-state index in [0.29, 0.717) is 12.5 Å². The number of hydrogen-bond donors (Lipinski definition) is 2. The van der Waals surface area contributed by atoms with Crippen LogP contribution in [0.25, 0.3) is 0 Å². The largest absolute Gasteiger partial charge is 0.365 e. The first-order chi connectivity index (χ1) is 14.2. The summed E-state index contributed by atoms with van der Waals surface area (Å²) in [7, 11) is 0. The summed E-state index contributed by atoms with van der Waals surface area (Å²) in [6, 6.07) is 10.8. The molecule has 2 atom stereocenters. The highest BCUT2D eigenvalue weighted by Crippen LogP contribution is 2.34. The van der Waals surface area contributed by atoms with E-state index >= 15 is 0 Å². The van der Waals surface area contributed by atoms with E-state index in [0.717, 1.165) is 36.7 Å². The van der Waals surface area contributed by atoms with E-state index in [2.05, 4.69) is 41.8 Å². The Morgan fingerprint density at radius 1 is 1.14 bits per heavy atom. The lowest BCUT2D eigenvalue weighted by molar-refractivity contribution is 0.146. The van der Waals surface area contributed by atoms with Crippen molar-refractivity contribution in [1.82, 2.24) is 20.4 Å². The van der Waals surface area contributed by atoms with Gasteiger partial charge in [-0.3, -0.25) is 9.80 Å². The monoisotopic (exact) mass is 393 g/mol. The van der Waals surface area contributed by atoms with Gasteiger partial charge in [-0.25, -0.2) is 9.79 Å². The molecule has 3 aliphatic heterocycles. The molecule has 2 fully saturated rings. The van der Waals surface area contributed by atoms with Gasteiger partial charge in [-0.2, -0.15) is 0 Å². The van der Waals surface area contributed by atoms with Gasteiger partial charge in [0.1, 0.15) is 17.4 Å². The molecule has 0 spiro atoms. The minimum Gasteiger partial charge on any atom is -0.365 e. The maximum absolute atomic E-state index is 13.3. The first kappa shape index (κ1) is 18.5. The maximum Gasteiger partial charge on any atom is 0.327 e. The van der Waals surface area contributed by atoms with Crippen LogP contribution in [0.15, 0.2) is 46.8 Å². The Balaban J connectivity index is 1.42. The van der Waals surface area contributed by atoms with Crippen molar-refractivity contribution >= 4 is 11.9 Å². The van der Waals surface area contributed by atoms with Gasteiger partial charge in [-0.1, -0.05) is 56.5 Å². The number of rotatable bonds is 5. The average Bonchev–Trinajstić information content (AvgIpc) is 3.37. The van der Waals surface area contributed by atoms with Crippen LogP contribution in [0, 0.1) is 5.92 Å². The smallest absolute Gasteiger partial charge is 0.327 e. The number of fused-ring (bicyclic) bond motifs is 2. The van der Waals surface area contributed by atoms with Crippen molar-refractivity contribution in [2.24, 2.45) is 10.9 Å². The molecule has 1 saturated carbocycles. The molecule has 1 aromatic carbocycles. The third kappa shape index (κ3) is 3.38. The standard InChI is InChI=1S/C23H31N5O/c1-2-13-27-22-19(25-20(26-22)17-11-7-4-8-12-17)21-24-18(15-28(21)23(27)29)14-16-9-5-3-6-10-16/h3,5-6,9-10,17-18,22,24H,2,4,7-8,11-15H2,1H3,(H,25,26)/t18-,22?/m1/s1. The zero-order chi connectivity index (χ0) is 19.8. The molecule has 1 saturated heterocycles. The van der Waals surface area contributed by atoms with Gasteiger partial charge in [-0.05, 0) is 31.2 Å². The second kappa shape index (κ2) is 7.73. The van der Waals surface area contributed by atoms with E-state index in [9.17, 15) is 4.79 Å². The minimum atomic E-state index is -0.186. The second-order valence-electron chi connectivity index (χ2n) is 8.73. The summed E-state index contributed by atoms with van der Waals surface area (Å²) in [5, 5.41) is 7.31. The lowest BCUT2D eigenvalue weighted by atomic mass is 9.88. The number of carbonyl (C=O) groups excluding carboxylic acids is 1. The van der Waals surface area contributed by atoms with Crippen molar-refractivity contribution in [1.29, 1.82) is 0 Å². The maximum atomic E-state index is 13.3. The molecule has 2 N–H and O–H groups in total. The molecule has 0 aromatic heterocycles. The van der Waals surface area contributed by atoms with Gasteiger partial charge >= 0.3 is 6.03 Å². The number of amides is 2. The Morgan fingerprint density at radius 2 is 1.93 bits per heavy atom. The van der Waals surface area contributed by atoms with Crippen molar-refractivity contribution in [2.75, 3.05) is 13.1 Å². The van der Waals surface area contributed by atoms with E-state index < -0.39 is 0 Å². The van der Waals surface area contributed by atoms with E-state index in [1.807, 2.05) is 15.9 Å². The summed E-state index contributed by atoms with van der Waals surface area (Å²) < 4.78 is 0. The van der Waals surface area contributed by atoms with Crippen LogP contribution < -0.4 is 10.6 Å². The number of amidine groups is 1. The van der Waals surface area contributed by atoms with Crippen LogP contribution >= 0.6 is 0 Å². The molecule has 1 aliphatic carbocycles. The molecule has 4 aliphatic rings. The van der Waals surface area contributed by atoms with Crippen LogP contribution in [0.5, 0.6) is 0 Å². The van der Waals surface area contributed by atoms with Crippen LogP contribution in [0.1, 0.15) is 51.0 Å². The van der Waals surface area contributed by atoms with E-state index in [1.165, 1.54) is 37.7 Å². The number of nitrogens with zero attached hydrogens (tertiary/aromatic N) is 3. The average molecular weight is 394 g/mol. The molecule has 29 heavy (non-hydrogen) atoms. The molecule has 6 heteroatoms. The molecular weight excluding hydrogens is 362 g/mol. The predicted octanol–water partition coefficient (Wildman–Crippen LogP) is 3.43. The van der Waals surface area contributed by atoms with Gasteiger partial charge < -0.3 is 10.6 Å². The lowest BCUT2D eigenvalue weighted by Crippen LogP contribution is -2.53. The molecule has 154 valence electrons. The minimum absolute atomic E-state index is 0.0918. The highest BCUT2D eigenvalue weighted by atomic mass is 16.2. The number of carbonyl (C=O) groups is 1. The summed E-state index contributed by atoms with van der Waals surface area (Å²) in [6.45, 7) is 3.57. The topological polar surface area (TPSA) is 60.0 Å². The molecule has 0 bridgehead atoms. The summed E-state index contributed by atoms with van der Waals surface area (Å²) in [5.41, 5.74) is 2.37. The molecule has 0 radical (unpaired) electrons. The van der Waals surface area contributed by atoms with Crippen LogP contribution in [-0.2, 0) is 6.42 Å². The van der Waals surface area contributed by atoms with Crippen LogP contribution in [-0.4, -0.2) is 47.0 Å². The van der Waals surface area contributed by atoms with Crippen LogP contribution in [0.3, 0.4) is 0 Å². The van der Waals surface area contributed by atoms with E-state index in [4.69, 9.17) is 4.99 Å². The molecule has 1 aromatic rings. The fourth-order valence-corrected chi connectivity index (χ4v) is 5.18. The molecule has 6 nitrogen and oxygen atoms in total. The van der Waals surface area contributed by atoms with E-state index in [1.54, 1.807) is 0 Å². The molecule has 5 rings (SSSR count). The van der Waals surface area contributed by atoms with Gasteiger partial charge in [0.25, 0.3) is 0 Å². The first-order valence-electron chi connectivity index (χ1n) is 11.2. The third-order valence-corrected chi connectivity index (χ3v) is 6.60. The quantitative estimate of drug-likeness (QED) is 0.806. The van der Waals surface area contributed by atoms with Crippen LogP contribution in [0.2, 0.25) is 0 Å². The summed E-state index contributed by atoms with van der Waals surface area (Å²) >= 11 is 0. The Hall–Kier alpha value is -2.50. The fourth-order valence-electron chi connectivity index (χ4n) is 5.18. The van der Waals surface area contributed by atoms with Gasteiger partial charge in [0.05, 0.1) is 0 Å². The number of benzene rings is 1. The number of nitrogens with one attached hydrogen (secondary N) is 2. The Labute approximate surface area is 173 Å². The molecule has 2 amide bonds. The summed E-state index contributed by atoms with van der Waals surface area (Å²) in [5.74, 6) is 2.56. The predicted molar refractivity (Wildman–Crippen MR) is 114 cm³/mol. The highest BCUT2D eigenvalue weighted by molar-refractivity contribution is 5.91. The lowest BCUT2D eigenvalue weighted by Gasteiger charge is -2.36. The summed E-state index contributed by atoms with van der Waals surface area (Å²) in [4.78, 5) is 22.2. The Morgan fingerprint density at radius 3 is 2.69 bits per heavy atom. The van der Waals surface area contributed by atoms with Gasteiger partial charge in [0.2, 0.25) is 0 Å². The number of aliphatic imine (C=N–C) groups is 1. The fraction of sp³-hybridized carbons (Fsp3) is 0.565. The molecular formula is C23H31N5O. The normalized spacial score (nSPS) is 26.8. The van der Waals surface area contributed by atoms with Crippen LogP contribution in [0.4, 0.5) is 4.79 Å². The third-order valence-electron chi connectivity index (χ3n) is 6.60. The number of hydrogen-bond acceptors (Lipinski definition) is 4. The van der Waals surface area contributed by atoms with Crippen molar-refractivity contribution in [2.45, 2.75) is 64.1 Å². The van der Waals surface area contributed by atoms with Gasteiger partial charge in [-0.15, -0.1) is 0 Å². The van der Waals surface area contributed by atoms with Gasteiger partial charge in [0, 0.05) is 25.0 Å². The number of urea groups is 1. The summed E-state index contributed by atoms with van der Waals surface area (Å²) in [6.07, 6.45) is 7.97. The first-order valence-corrected chi connectivity index (χ1v) is 11.2. The van der Waals surface area contributed by atoms with E-state index in [-0.39, 0.29) is 18.2 Å². The second-order valence-corrected chi connectivity index (χ2v) is 8.73. The van der Waals surface area contributed by atoms with Crippen molar-refractivity contribution in [3.63, 3.8) is 0 Å². The zero-order valence-corrected chi connectivity index (χ0v) is 17.2. The molecule has 3 heterocycles. The van der Waals surface area contributed by atoms with Crippen molar-refractivity contribution in [3.8, 4) is 0 Å². The zero-order valence-electron chi connectivity index (χ0n) is 17.2. The Kier molecular flexibility index (Phi) is 4.94. The molecule has 1 unspecified atom stereocenters. The van der Waals surface area contributed by atoms with Gasteiger partial charge in [0.15, 0.2) is 6.17 Å². The van der Waals surface area contributed by atoms with Crippen molar-refractivity contribution < 1.29 is 4.79 Å². The van der Waals surface area contributed by atoms with Crippen molar-refractivity contribution in [3.05, 3.63) is 47.4 Å². The SMILES string of the molecule is CCCN1C(=O)N2C[C@@H](Cc3ccccc3)NC2=C2NC(C3CCCCC3)=NC21. The Bertz CT molecular complexity index is 827. The highest BCUT2D eigenvalue weighted by Gasteiger charge is 2.47.